The van der Waals surface area contributed by atoms with Gasteiger partial charge in [0.25, 0.3) is 5.91 Å². The summed E-state index contributed by atoms with van der Waals surface area (Å²) < 4.78 is 1.30. The van der Waals surface area contributed by atoms with Gasteiger partial charge in [-0.15, -0.1) is 5.10 Å². The van der Waals surface area contributed by atoms with Crippen LogP contribution in [-0.2, 0) is 22.4 Å². The van der Waals surface area contributed by atoms with Gasteiger partial charge in [0.1, 0.15) is 6.33 Å². The Balaban J connectivity index is 1.35. The molecule has 0 saturated heterocycles. The smallest absolute Gasteiger partial charge is 0.335 e. The number of nitrogens with one attached hydrogen (secondary N) is 3. The first-order chi connectivity index (χ1) is 22.1. The minimum absolute atomic E-state index is 0.0471. The monoisotopic (exact) mass is 638 g/mol. The zero-order chi connectivity index (χ0) is 32.7. The first-order valence-electron chi connectivity index (χ1n) is 13.8. The number of carboxylic acids is 1. The van der Waals surface area contributed by atoms with Crippen LogP contribution in [-0.4, -0.2) is 54.7 Å². The van der Waals surface area contributed by atoms with Crippen LogP contribution in [0.25, 0.3) is 5.69 Å². The fourth-order valence-corrected chi connectivity index (χ4v) is 4.86. The number of carbonyl (C=O) groups excluding carboxylic acids is 3. The van der Waals surface area contributed by atoms with E-state index >= 15 is 0 Å². The number of hydrogen-bond donors (Lipinski definition) is 5. The highest BCUT2D eigenvalue weighted by Crippen LogP contribution is 2.24. The van der Waals surface area contributed by atoms with Crippen molar-refractivity contribution in [2.24, 2.45) is 5.73 Å². The number of tetrazole rings is 1. The van der Waals surface area contributed by atoms with Crippen molar-refractivity contribution in [3.63, 3.8) is 0 Å². The van der Waals surface area contributed by atoms with Crippen molar-refractivity contribution in [3.05, 3.63) is 131 Å². The molecule has 1 aromatic heterocycles. The molecule has 1 heterocycles. The topological polar surface area (TPSA) is 194 Å². The number of carbonyl (C=O) groups is 4. The molecule has 4 aromatic carbocycles. The van der Waals surface area contributed by atoms with E-state index in [0.717, 1.165) is 0 Å². The molecule has 0 saturated carbocycles. The number of aromatic carboxylic acids is 1. The minimum Gasteiger partial charge on any atom is -0.478 e. The average molecular weight is 639 g/mol. The standard InChI is InChI=1S/C32H27ClN8O5/c33-24-12-15-27(41-19-35-39-40-41)26(16-24)37-29(43)30(44)38-32(34,17-20-6-10-23(11-7-20)31(45)46)18-21-8-13-25(14-9-21)36-28(42)22-4-2-1-3-5-22/h1-16,19H,17-18,34H2,(H,36,42)(H,37,43)(H,38,44)(H,45,46)/t32-/m0/s1. The molecule has 0 bridgehead atoms. The first-order valence-corrected chi connectivity index (χ1v) is 14.2. The average Bonchev–Trinajstić information content (AvgIpc) is 3.57. The second kappa shape index (κ2) is 13.8. The molecular weight excluding hydrogens is 612 g/mol. The number of carboxylic acid groups (broad SMARTS) is 1. The molecule has 46 heavy (non-hydrogen) atoms. The van der Waals surface area contributed by atoms with Crippen LogP contribution in [0.3, 0.4) is 0 Å². The number of anilines is 2. The lowest BCUT2D eigenvalue weighted by molar-refractivity contribution is -0.137. The van der Waals surface area contributed by atoms with Crippen LogP contribution in [0.5, 0.6) is 0 Å². The van der Waals surface area contributed by atoms with Crippen LogP contribution in [0.4, 0.5) is 11.4 Å². The SMILES string of the molecule is N[C@@](Cc1ccc(NC(=O)c2ccccc2)cc1)(Cc1ccc(C(=O)O)cc1)NC(=O)C(=O)Nc1cc(Cl)ccc1-n1cnnn1. The van der Waals surface area contributed by atoms with Gasteiger partial charge in [-0.1, -0.05) is 54.1 Å². The van der Waals surface area contributed by atoms with Crippen LogP contribution in [0, 0.1) is 0 Å². The van der Waals surface area contributed by atoms with Gasteiger partial charge in [0, 0.05) is 29.1 Å². The second-order valence-electron chi connectivity index (χ2n) is 10.4. The lowest BCUT2D eigenvalue weighted by Gasteiger charge is -2.31. The molecule has 13 nitrogen and oxygen atoms in total. The normalized spacial score (nSPS) is 12.0. The number of nitrogens with zero attached hydrogens (tertiary/aromatic N) is 4. The molecule has 5 aromatic rings. The predicted octanol–water partition coefficient (Wildman–Crippen LogP) is 3.46. The van der Waals surface area contributed by atoms with Gasteiger partial charge >= 0.3 is 17.8 Å². The highest BCUT2D eigenvalue weighted by atomic mass is 35.5. The number of hydrogen-bond acceptors (Lipinski definition) is 8. The summed E-state index contributed by atoms with van der Waals surface area (Å²) in [6.07, 6.45) is 1.44. The molecule has 0 unspecified atom stereocenters. The molecule has 0 radical (unpaired) electrons. The Bertz CT molecular complexity index is 1870. The summed E-state index contributed by atoms with van der Waals surface area (Å²) in [4.78, 5) is 50.3. The maximum absolute atomic E-state index is 13.3. The zero-order valence-corrected chi connectivity index (χ0v) is 24.8. The summed E-state index contributed by atoms with van der Waals surface area (Å²) in [5, 5.41) is 28.6. The van der Waals surface area contributed by atoms with E-state index in [1.807, 2.05) is 6.07 Å². The zero-order valence-electron chi connectivity index (χ0n) is 24.1. The summed E-state index contributed by atoms with van der Waals surface area (Å²) >= 11 is 6.14. The molecule has 0 fully saturated rings. The maximum Gasteiger partial charge on any atom is 0.335 e. The Morgan fingerprint density at radius 2 is 1.46 bits per heavy atom. The predicted molar refractivity (Wildman–Crippen MR) is 170 cm³/mol. The van der Waals surface area contributed by atoms with Crippen molar-refractivity contribution in [3.8, 4) is 5.69 Å². The van der Waals surface area contributed by atoms with Gasteiger partial charge in [0.05, 0.1) is 22.6 Å². The van der Waals surface area contributed by atoms with Gasteiger partial charge in [-0.3, -0.25) is 14.4 Å². The third-order valence-corrected chi connectivity index (χ3v) is 7.09. The summed E-state index contributed by atoms with van der Waals surface area (Å²) in [5.74, 6) is -3.41. The van der Waals surface area contributed by atoms with Gasteiger partial charge in [0.2, 0.25) is 0 Å². The van der Waals surface area contributed by atoms with E-state index in [0.29, 0.717) is 33.1 Å². The molecule has 1 atom stereocenters. The number of benzene rings is 4. The Hall–Kier alpha value is -5.92. The summed E-state index contributed by atoms with van der Waals surface area (Å²) in [5.41, 5.74) is 8.27. The summed E-state index contributed by atoms with van der Waals surface area (Å²) in [6.45, 7) is 0. The van der Waals surface area contributed by atoms with E-state index in [1.165, 1.54) is 29.2 Å². The van der Waals surface area contributed by atoms with Crippen LogP contribution in [0.1, 0.15) is 31.8 Å². The number of amides is 3. The third kappa shape index (κ3) is 7.96. The lowest BCUT2D eigenvalue weighted by Crippen LogP contribution is -2.61. The largest absolute Gasteiger partial charge is 0.478 e. The van der Waals surface area contributed by atoms with Crippen LogP contribution < -0.4 is 21.7 Å². The van der Waals surface area contributed by atoms with Crippen molar-refractivity contribution in [1.82, 2.24) is 25.5 Å². The van der Waals surface area contributed by atoms with Crippen LogP contribution in [0.2, 0.25) is 5.02 Å². The fraction of sp³-hybridized carbons (Fsp3) is 0.0938. The van der Waals surface area contributed by atoms with Crippen LogP contribution >= 0.6 is 11.6 Å². The number of aromatic nitrogens is 4. The molecule has 0 aliphatic rings. The van der Waals surface area contributed by atoms with Crippen molar-refractivity contribution < 1.29 is 24.3 Å². The highest BCUT2D eigenvalue weighted by molar-refractivity contribution is 6.40. The molecule has 14 heteroatoms. The van der Waals surface area contributed by atoms with E-state index in [9.17, 15) is 24.3 Å². The van der Waals surface area contributed by atoms with Crippen molar-refractivity contribution in [2.45, 2.75) is 18.5 Å². The van der Waals surface area contributed by atoms with E-state index in [2.05, 4.69) is 31.5 Å². The third-order valence-electron chi connectivity index (χ3n) is 6.86. The first kappa shape index (κ1) is 31.5. The Labute approximate surface area is 267 Å². The van der Waals surface area contributed by atoms with Crippen molar-refractivity contribution in [1.29, 1.82) is 0 Å². The minimum atomic E-state index is -1.50. The number of halogens is 1. The molecule has 3 amide bonds. The maximum atomic E-state index is 13.3. The van der Waals surface area contributed by atoms with Gasteiger partial charge in [0.15, 0.2) is 0 Å². The Kier molecular flexibility index (Phi) is 9.45. The molecule has 0 spiro atoms. The fourth-order valence-electron chi connectivity index (χ4n) is 4.69. The quantitative estimate of drug-likeness (QED) is 0.112. The van der Waals surface area contributed by atoms with E-state index in [4.69, 9.17) is 17.3 Å². The number of nitrogens with two attached hydrogens (primary N) is 1. The molecule has 6 N–H and O–H groups in total. The van der Waals surface area contributed by atoms with Crippen molar-refractivity contribution >= 4 is 46.7 Å². The van der Waals surface area contributed by atoms with E-state index < -0.39 is 23.4 Å². The lowest BCUT2D eigenvalue weighted by atomic mass is 9.92. The number of rotatable bonds is 10. The molecule has 5 rings (SSSR count). The Morgan fingerprint density at radius 1 is 0.804 bits per heavy atom. The van der Waals surface area contributed by atoms with Gasteiger partial charge in [-0.05, 0) is 76.2 Å². The molecule has 232 valence electrons. The summed E-state index contributed by atoms with van der Waals surface area (Å²) in [7, 11) is 0. The van der Waals surface area contributed by atoms with E-state index in [1.54, 1.807) is 72.8 Å². The summed E-state index contributed by atoms with van der Waals surface area (Å²) in [6, 6.07) is 26.3. The Morgan fingerprint density at radius 3 is 2.07 bits per heavy atom. The van der Waals surface area contributed by atoms with Gasteiger partial charge in [-0.25, -0.2) is 4.79 Å². The van der Waals surface area contributed by atoms with E-state index in [-0.39, 0.29) is 30.0 Å². The molecule has 0 aliphatic carbocycles. The molecular formula is C32H27ClN8O5. The highest BCUT2D eigenvalue weighted by Gasteiger charge is 2.31. The van der Waals surface area contributed by atoms with Crippen molar-refractivity contribution in [2.75, 3.05) is 10.6 Å². The second-order valence-corrected chi connectivity index (χ2v) is 10.8. The van der Waals surface area contributed by atoms with Crippen LogP contribution in [0.15, 0.2) is 103 Å². The molecule has 0 aliphatic heterocycles. The van der Waals surface area contributed by atoms with Gasteiger partial charge < -0.3 is 26.8 Å². The van der Waals surface area contributed by atoms with Gasteiger partial charge in [-0.2, -0.15) is 4.68 Å².